The Morgan fingerprint density at radius 1 is 0.828 bits per heavy atom. The minimum atomic E-state index is -3.97. The van der Waals surface area contributed by atoms with Crippen LogP contribution in [0.4, 0.5) is 11.4 Å². The van der Waals surface area contributed by atoms with Crippen LogP contribution in [0, 0.1) is 0 Å². The minimum absolute atomic E-state index is 0.0957. The lowest BCUT2D eigenvalue weighted by atomic mass is 10.2. The summed E-state index contributed by atoms with van der Waals surface area (Å²) in [6, 6.07) is 19.5. The number of sulfonamides is 1. The van der Waals surface area contributed by atoms with Gasteiger partial charge >= 0.3 is 0 Å². The summed E-state index contributed by atoms with van der Waals surface area (Å²) in [5, 5.41) is 2.70. The van der Waals surface area contributed by atoms with Crippen LogP contribution in [-0.4, -0.2) is 28.5 Å². The van der Waals surface area contributed by atoms with Gasteiger partial charge in [-0.25, -0.2) is 8.42 Å². The van der Waals surface area contributed by atoms with E-state index in [1.165, 1.54) is 26.4 Å². The molecule has 0 aliphatic heterocycles. The molecule has 0 aromatic heterocycles. The van der Waals surface area contributed by atoms with E-state index in [-0.39, 0.29) is 16.6 Å². The van der Waals surface area contributed by atoms with Gasteiger partial charge in [-0.1, -0.05) is 18.2 Å². The molecule has 0 radical (unpaired) electrons. The van der Waals surface area contributed by atoms with Crippen molar-refractivity contribution < 1.29 is 22.7 Å². The number of hydrogen-bond donors (Lipinski definition) is 2. The first-order valence-electron chi connectivity index (χ1n) is 8.64. The Balaban J connectivity index is 1.88. The van der Waals surface area contributed by atoms with E-state index >= 15 is 0 Å². The molecule has 0 heterocycles. The molecule has 0 unspecified atom stereocenters. The van der Waals surface area contributed by atoms with E-state index in [0.29, 0.717) is 22.7 Å². The molecule has 150 valence electrons. The maximum absolute atomic E-state index is 12.9. The largest absolute Gasteiger partial charge is 0.497 e. The van der Waals surface area contributed by atoms with E-state index in [0.717, 1.165) is 0 Å². The average Bonchev–Trinajstić information content (AvgIpc) is 2.74. The van der Waals surface area contributed by atoms with Crippen molar-refractivity contribution in [3.8, 4) is 11.5 Å². The molecule has 7 nitrogen and oxygen atoms in total. The molecule has 3 rings (SSSR count). The lowest BCUT2D eigenvalue weighted by Gasteiger charge is -2.14. The lowest BCUT2D eigenvalue weighted by Crippen LogP contribution is -2.16. The van der Waals surface area contributed by atoms with Gasteiger partial charge in [0.1, 0.15) is 16.4 Å². The Hall–Kier alpha value is -3.52. The lowest BCUT2D eigenvalue weighted by molar-refractivity contribution is 0.102. The van der Waals surface area contributed by atoms with Gasteiger partial charge in [-0.2, -0.15) is 0 Å². The first-order valence-corrected chi connectivity index (χ1v) is 10.1. The van der Waals surface area contributed by atoms with Gasteiger partial charge in [-0.3, -0.25) is 9.52 Å². The molecule has 0 saturated heterocycles. The summed E-state index contributed by atoms with van der Waals surface area (Å²) in [4.78, 5) is 12.3. The molecular weight excluding hydrogens is 392 g/mol. The Morgan fingerprint density at radius 2 is 1.48 bits per heavy atom. The summed E-state index contributed by atoms with van der Waals surface area (Å²) in [5.41, 5.74) is 1.16. The van der Waals surface area contributed by atoms with Crippen molar-refractivity contribution in [2.24, 2.45) is 0 Å². The fraction of sp³-hybridized carbons (Fsp3) is 0.0952. The SMILES string of the molecule is COc1ccc(NS(=O)(=O)c2cc(NC(=O)c3ccccc3)ccc2OC)cc1. The third-order valence-corrected chi connectivity index (χ3v) is 5.49. The number of rotatable bonds is 7. The zero-order valence-corrected chi connectivity index (χ0v) is 16.7. The maximum atomic E-state index is 12.9. The fourth-order valence-corrected chi connectivity index (χ4v) is 3.88. The third-order valence-electron chi connectivity index (χ3n) is 4.09. The van der Waals surface area contributed by atoms with Crippen LogP contribution in [0.1, 0.15) is 10.4 Å². The Kier molecular flexibility index (Phi) is 6.04. The highest BCUT2D eigenvalue weighted by Gasteiger charge is 2.21. The molecular formula is C21H20N2O5S. The van der Waals surface area contributed by atoms with Crippen LogP contribution in [0.2, 0.25) is 0 Å². The molecule has 2 N–H and O–H groups in total. The van der Waals surface area contributed by atoms with Crippen LogP contribution in [0.5, 0.6) is 11.5 Å². The van der Waals surface area contributed by atoms with Gasteiger partial charge in [-0.15, -0.1) is 0 Å². The van der Waals surface area contributed by atoms with E-state index in [1.807, 2.05) is 0 Å². The number of methoxy groups -OCH3 is 2. The first-order chi connectivity index (χ1) is 13.9. The maximum Gasteiger partial charge on any atom is 0.265 e. The number of amides is 1. The van der Waals surface area contributed by atoms with Crippen LogP contribution in [0.15, 0.2) is 77.7 Å². The number of benzene rings is 3. The summed E-state index contributed by atoms with van der Waals surface area (Å²) < 4.78 is 38.6. The van der Waals surface area contributed by atoms with E-state index in [9.17, 15) is 13.2 Å². The standard InChI is InChI=1S/C21H20N2O5S/c1-27-18-11-8-16(9-12-18)23-29(25,26)20-14-17(10-13-19(20)28-2)22-21(24)15-6-4-3-5-7-15/h3-14,23H,1-2H3,(H,22,24). The van der Waals surface area contributed by atoms with Gasteiger partial charge < -0.3 is 14.8 Å². The molecule has 3 aromatic rings. The topological polar surface area (TPSA) is 93.7 Å². The second kappa shape index (κ2) is 8.66. The van der Waals surface area contributed by atoms with Crippen LogP contribution in [-0.2, 0) is 10.0 Å². The average molecular weight is 412 g/mol. The Labute approximate surface area is 169 Å². The summed E-state index contributed by atoms with van der Waals surface area (Å²) in [5.74, 6) is 0.419. The van der Waals surface area contributed by atoms with Crippen molar-refractivity contribution in [3.63, 3.8) is 0 Å². The second-order valence-electron chi connectivity index (χ2n) is 6.02. The summed E-state index contributed by atoms with van der Waals surface area (Å²) in [6.07, 6.45) is 0. The molecule has 0 spiro atoms. The van der Waals surface area contributed by atoms with Crippen molar-refractivity contribution in [1.82, 2.24) is 0 Å². The van der Waals surface area contributed by atoms with Gasteiger partial charge in [0.05, 0.1) is 14.2 Å². The van der Waals surface area contributed by atoms with Gasteiger partial charge in [0.2, 0.25) is 0 Å². The Bertz CT molecular complexity index is 1100. The summed E-state index contributed by atoms with van der Waals surface area (Å²) >= 11 is 0. The highest BCUT2D eigenvalue weighted by atomic mass is 32.2. The molecule has 0 bridgehead atoms. The molecule has 0 aliphatic rings. The van der Waals surface area contributed by atoms with Crippen LogP contribution in [0.25, 0.3) is 0 Å². The van der Waals surface area contributed by atoms with Gasteiger partial charge in [-0.05, 0) is 54.6 Å². The second-order valence-corrected chi connectivity index (χ2v) is 7.67. The number of ether oxygens (including phenoxy) is 2. The van der Waals surface area contributed by atoms with Crippen molar-refractivity contribution in [2.45, 2.75) is 4.90 Å². The molecule has 3 aromatic carbocycles. The number of nitrogens with one attached hydrogen (secondary N) is 2. The van der Waals surface area contributed by atoms with Crippen molar-refractivity contribution >= 4 is 27.3 Å². The molecule has 0 saturated carbocycles. The number of carbonyl (C=O) groups excluding carboxylic acids is 1. The molecule has 0 aliphatic carbocycles. The fourth-order valence-electron chi connectivity index (χ4n) is 2.63. The van der Waals surface area contributed by atoms with E-state index in [2.05, 4.69) is 10.0 Å². The van der Waals surface area contributed by atoms with Crippen molar-refractivity contribution in [1.29, 1.82) is 0 Å². The number of carbonyl (C=O) groups is 1. The predicted octanol–water partition coefficient (Wildman–Crippen LogP) is 3.76. The molecule has 1 amide bonds. The highest BCUT2D eigenvalue weighted by Crippen LogP contribution is 2.29. The monoisotopic (exact) mass is 412 g/mol. The Morgan fingerprint density at radius 3 is 2.10 bits per heavy atom. The minimum Gasteiger partial charge on any atom is -0.497 e. The molecule has 0 fully saturated rings. The molecule has 0 atom stereocenters. The van der Waals surface area contributed by atoms with Gasteiger partial charge in [0.15, 0.2) is 0 Å². The third kappa shape index (κ3) is 4.85. The van der Waals surface area contributed by atoms with Gasteiger partial charge in [0, 0.05) is 16.9 Å². The quantitative estimate of drug-likeness (QED) is 0.616. The van der Waals surface area contributed by atoms with E-state index in [4.69, 9.17) is 9.47 Å². The van der Waals surface area contributed by atoms with E-state index in [1.54, 1.807) is 60.7 Å². The molecule has 8 heteroatoms. The van der Waals surface area contributed by atoms with Crippen LogP contribution < -0.4 is 19.5 Å². The van der Waals surface area contributed by atoms with Gasteiger partial charge in [0.25, 0.3) is 15.9 Å². The van der Waals surface area contributed by atoms with Crippen molar-refractivity contribution in [3.05, 3.63) is 78.4 Å². The van der Waals surface area contributed by atoms with E-state index < -0.39 is 10.0 Å². The summed E-state index contributed by atoms with van der Waals surface area (Å²) in [7, 11) is -1.06. The zero-order chi connectivity index (χ0) is 20.9. The van der Waals surface area contributed by atoms with Crippen LogP contribution in [0.3, 0.4) is 0 Å². The first kappa shape index (κ1) is 20.2. The summed E-state index contributed by atoms with van der Waals surface area (Å²) in [6.45, 7) is 0. The normalized spacial score (nSPS) is 10.8. The smallest absolute Gasteiger partial charge is 0.265 e. The predicted molar refractivity (Wildman–Crippen MR) is 111 cm³/mol. The van der Waals surface area contributed by atoms with Crippen LogP contribution >= 0.6 is 0 Å². The molecule has 29 heavy (non-hydrogen) atoms. The highest BCUT2D eigenvalue weighted by molar-refractivity contribution is 7.92. The number of hydrogen-bond acceptors (Lipinski definition) is 5. The zero-order valence-electron chi connectivity index (χ0n) is 15.9. The number of anilines is 2. The van der Waals surface area contributed by atoms with Crippen molar-refractivity contribution in [2.75, 3.05) is 24.3 Å².